The fourth-order valence-corrected chi connectivity index (χ4v) is 2.70. The lowest BCUT2D eigenvalue weighted by Gasteiger charge is -2.26. The van der Waals surface area contributed by atoms with Crippen molar-refractivity contribution in [3.63, 3.8) is 0 Å². The number of hydrazone groups is 1. The van der Waals surface area contributed by atoms with Gasteiger partial charge in [-0.3, -0.25) is 14.9 Å². The van der Waals surface area contributed by atoms with Crippen LogP contribution in [0.1, 0.15) is 29.3 Å². The maximum Gasteiger partial charge on any atom is 0.276 e. The predicted octanol–water partition coefficient (Wildman–Crippen LogP) is 3.21. The summed E-state index contributed by atoms with van der Waals surface area (Å²) >= 11 is 5.87. The molecular weight excluding hydrogens is 346 g/mol. The number of nitro benzene ring substituents is 1. The standard InChI is InChI=1S/C17H14ClN3O4/c1-17(23)10-15(11-2-6-13(18)7-3-11)19-20(17)16(22)12-4-8-14(9-5-12)21(24)25/h2-9,23H,10H2,1H3/t17-/m1/s1. The number of carbonyl (C=O) groups excluding carboxylic acids is 1. The van der Waals surface area contributed by atoms with Gasteiger partial charge in [0.1, 0.15) is 0 Å². The highest BCUT2D eigenvalue weighted by molar-refractivity contribution is 6.30. The molecule has 7 nitrogen and oxygen atoms in total. The highest BCUT2D eigenvalue weighted by Crippen LogP contribution is 2.30. The van der Waals surface area contributed by atoms with Crippen molar-refractivity contribution in [2.75, 3.05) is 0 Å². The minimum Gasteiger partial charge on any atom is -0.369 e. The summed E-state index contributed by atoms with van der Waals surface area (Å²) < 4.78 is 0. The summed E-state index contributed by atoms with van der Waals surface area (Å²) in [7, 11) is 0. The fourth-order valence-electron chi connectivity index (χ4n) is 2.57. The summed E-state index contributed by atoms with van der Waals surface area (Å²) in [5, 5.41) is 27.1. The predicted molar refractivity (Wildman–Crippen MR) is 92.5 cm³/mol. The van der Waals surface area contributed by atoms with Crippen molar-refractivity contribution >= 4 is 28.9 Å². The van der Waals surface area contributed by atoms with E-state index in [-0.39, 0.29) is 17.7 Å². The summed E-state index contributed by atoms with van der Waals surface area (Å²) in [4.78, 5) is 22.8. The van der Waals surface area contributed by atoms with Gasteiger partial charge in [0, 0.05) is 29.1 Å². The minimum absolute atomic E-state index is 0.116. The molecule has 25 heavy (non-hydrogen) atoms. The number of amides is 1. The Kier molecular flexibility index (Phi) is 4.28. The van der Waals surface area contributed by atoms with E-state index in [1.165, 1.54) is 31.2 Å². The van der Waals surface area contributed by atoms with Crippen molar-refractivity contribution in [2.24, 2.45) is 5.10 Å². The van der Waals surface area contributed by atoms with Crippen molar-refractivity contribution in [1.82, 2.24) is 5.01 Å². The normalized spacial score (nSPS) is 19.6. The smallest absolute Gasteiger partial charge is 0.276 e. The second-order valence-corrected chi connectivity index (χ2v) is 6.30. The van der Waals surface area contributed by atoms with E-state index in [9.17, 15) is 20.0 Å². The number of halogens is 1. The van der Waals surface area contributed by atoms with E-state index in [1.54, 1.807) is 24.3 Å². The third-order valence-corrected chi connectivity index (χ3v) is 4.13. The van der Waals surface area contributed by atoms with Gasteiger partial charge in [0.2, 0.25) is 0 Å². The van der Waals surface area contributed by atoms with Gasteiger partial charge in [0.25, 0.3) is 11.6 Å². The van der Waals surface area contributed by atoms with E-state index in [2.05, 4.69) is 5.10 Å². The third-order valence-electron chi connectivity index (χ3n) is 3.87. The fraction of sp³-hybridized carbons (Fsp3) is 0.176. The molecule has 0 saturated carbocycles. The van der Waals surface area contributed by atoms with Gasteiger partial charge in [0.05, 0.1) is 10.6 Å². The first kappa shape index (κ1) is 17.1. The lowest BCUT2D eigenvalue weighted by Crippen LogP contribution is -2.43. The molecule has 0 saturated heterocycles. The molecule has 8 heteroatoms. The lowest BCUT2D eigenvalue weighted by atomic mass is 10.0. The van der Waals surface area contributed by atoms with Gasteiger partial charge >= 0.3 is 0 Å². The summed E-state index contributed by atoms with van der Waals surface area (Å²) in [6, 6.07) is 12.1. The van der Waals surface area contributed by atoms with E-state index in [4.69, 9.17) is 11.6 Å². The van der Waals surface area contributed by atoms with Crippen LogP contribution >= 0.6 is 11.6 Å². The molecule has 128 valence electrons. The van der Waals surface area contributed by atoms with Crippen LogP contribution in [0.3, 0.4) is 0 Å². The van der Waals surface area contributed by atoms with Crippen LogP contribution in [0.4, 0.5) is 5.69 Å². The number of benzene rings is 2. The Hall–Kier alpha value is -2.77. The number of carbonyl (C=O) groups is 1. The average molecular weight is 360 g/mol. The highest BCUT2D eigenvalue weighted by Gasteiger charge is 2.41. The number of aliphatic hydroxyl groups is 1. The molecule has 0 fully saturated rings. The molecule has 1 heterocycles. The highest BCUT2D eigenvalue weighted by atomic mass is 35.5. The zero-order valence-electron chi connectivity index (χ0n) is 13.2. The lowest BCUT2D eigenvalue weighted by molar-refractivity contribution is -0.384. The van der Waals surface area contributed by atoms with Crippen molar-refractivity contribution in [3.05, 3.63) is 74.8 Å². The SMILES string of the molecule is C[C@@]1(O)CC(c2ccc(Cl)cc2)=NN1C(=O)c1ccc([N+](=O)[O-])cc1. The monoisotopic (exact) mass is 359 g/mol. The molecular formula is C17H14ClN3O4. The van der Waals surface area contributed by atoms with Crippen LogP contribution in [0.2, 0.25) is 5.02 Å². The number of nitrogens with zero attached hydrogens (tertiary/aromatic N) is 3. The molecule has 0 spiro atoms. The molecule has 1 aliphatic heterocycles. The number of hydrogen-bond acceptors (Lipinski definition) is 5. The molecule has 0 unspecified atom stereocenters. The van der Waals surface area contributed by atoms with Crippen LogP contribution in [0.25, 0.3) is 0 Å². The van der Waals surface area contributed by atoms with Crippen LogP contribution in [0, 0.1) is 10.1 Å². The molecule has 1 aliphatic rings. The number of hydrogen-bond donors (Lipinski definition) is 1. The Bertz CT molecular complexity index is 860. The van der Waals surface area contributed by atoms with E-state index >= 15 is 0 Å². The van der Waals surface area contributed by atoms with E-state index in [1.807, 2.05) is 0 Å². The summed E-state index contributed by atoms with van der Waals surface area (Å²) in [6.45, 7) is 1.49. The van der Waals surface area contributed by atoms with E-state index in [0.717, 1.165) is 10.6 Å². The first-order chi connectivity index (χ1) is 11.8. The average Bonchev–Trinajstić information content (AvgIpc) is 2.90. The Balaban J connectivity index is 1.90. The molecule has 1 amide bonds. The quantitative estimate of drug-likeness (QED) is 0.672. The first-order valence-electron chi connectivity index (χ1n) is 7.43. The van der Waals surface area contributed by atoms with Crippen LogP contribution in [0.5, 0.6) is 0 Å². The van der Waals surface area contributed by atoms with Crippen LogP contribution in [-0.4, -0.2) is 32.4 Å². The van der Waals surface area contributed by atoms with Crippen molar-refractivity contribution in [3.8, 4) is 0 Å². The zero-order valence-corrected chi connectivity index (χ0v) is 14.0. The third kappa shape index (κ3) is 3.38. The summed E-state index contributed by atoms with van der Waals surface area (Å²) in [5.74, 6) is -0.538. The Labute approximate surface area is 148 Å². The topological polar surface area (TPSA) is 96.0 Å². The molecule has 1 N–H and O–H groups in total. The second-order valence-electron chi connectivity index (χ2n) is 5.87. The molecule has 0 aromatic heterocycles. The first-order valence-corrected chi connectivity index (χ1v) is 7.80. The molecule has 0 bridgehead atoms. The molecule has 3 rings (SSSR count). The van der Waals surface area contributed by atoms with Gasteiger partial charge in [-0.15, -0.1) is 0 Å². The maximum absolute atomic E-state index is 12.6. The van der Waals surface area contributed by atoms with Crippen LogP contribution in [-0.2, 0) is 0 Å². The van der Waals surface area contributed by atoms with Gasteiger partial charge in [-0.05, 0) is 36.8 Å². The van der Waals surface area contributed by atoms with Gasteiger partial charge in [0.15, 0.2) is 5.72 Å². The molecule has 2 aromatic rings. The Morgan fingerprint density at radius 1 is 1.24 bits per heavy atom. The summed E-state index contributed by atoms with van der Waals surface area (Å²) in [5.41, 5.74) is -0.101. The molecule has 0 radical (unpaired) electrons. The number of non-ortho nitro benzene ring substituents is 1. The number of nitro groups is 1. The Morgan fingerprint density at radius 2 is 1.84 bits per heavy atom. The van der Waals surface area contributed by atoms with E-state index < -0.39 is 16.6 Å². The molecule has 2 aromatic carbocycles. The van der Waals surface area contributed by atoms with Gasteiger partial charge in [-0.2, -0.15) is 10.1 Å². The maximum atomic E-state index is 12.6. The minimum atomic E-state index is -1.49. The Morgan fingerprint density at radius 3 is 2.40 bits per heavy atom. The van der Waals surface area contributed by atoms with E-state index in [0.29, 0.717) is 10.7 Å². The van der Waals surface area contributed by atoms with Gasteiger partial charge < -0.3 is 5.11 Å². The van der Waals surface area contributed by atoms with Crippen molar-refractivity contribution in [2.45, 2.75) is 19.1 Å². The zero-order chi connectivity index (χ0) is 18.2. The van der Waals surface area contributed by atoms with Crippen molar-refractivity contribution in [1.29, 1.82) is 0 Å². The van der Waals surface area contributed by atoms with Crippen LogP contribution < -0.4 is 0 Å². The second kappa shape index (κ2) is 6.27. The largest absolute Gasteiger partial charge is 0.369 e. The number of rotatable bonds is 3. The van der Waals surface area contributed by atoms with Gasteiger partial charge in [-0.1, -0.05) is 23.7 Å². The summed E-state index contributed by atoms with van der Waals surface area (Å²) in [6.07, 6.45) is 0.160. The van der Waals surface area contributed by atoms with Crippen molar-refractivity contribution < 1.29 is 14.8 Å². The van der Waals surface area contributed by atoms with Crippen LogP contribution in [0.15, 0.2) is 53.6 Å². The molecule has 0 aliphatic carbocycles. The van der Waals surface area contributed by atoms with Gasteiger partial charge in [-0.25, -0.2) is 0 Å². The molecule has 1 atom stereocenters.